The van der Waals surface area contributed by atoms with Gasteiger partial charge in [-0.15, -0.1) is 12.4 Å². The van der Waals surface area contributed by atoms with Crippen molar-refractivity contribution in [1.29, 1.82) is 0 Å². The van der Waals surface area contributed by atoms with Crippen LogP contribution >= 0.6 is 12.4 Å². The highest BCUT2D eigenvalue weighted by Gasteiger charge is 2.35. The predicted octanol–water partition coefficient (Wildman–Crippen LogP) is 2.37. The number of piperidine rings is 1. The molecule has 1 aromatic carbocycles. The van der Waals surface area contributed by atoms with Gasteiger partial charge in [-0.25, -0.2) is 4.39 Å². The minimum Gasteiger partial charge on any atom is -0.342 e. The number of carbonyl (C=O) groups is 2. The second kappa shape index (κ2) is 9.33. The van der Waals surface area contributed by atoms with Gasteiger partial charge in [0.05, 0.1) is 12.0 Å². The molecule has 0 radical (unpaired) electrons. The number of likely N-dealkylation sites (tertiary alicyclic amines) is 1. The highest BCUT2D eigenvalue weighted by atomic mass is 35.5. The number of nitrogens with zero attached hydrogens (tertiary/aromatic N) is 2. The van der Waals surface area contributed by atoms with Crippen molar-refractivity contribution >= 4 is 24.2 Å². The van der Waals surface area contributed by atoms with Crippen molar-refractivity contribution in [2.24, 2.45) is 5.92 Å². The highest BCUT2D eigenvalue weighted by molar-refractivity contribution is 5.85. The lowest BCUT2D eigenvalue weighted by Crippen LogP contribution is -2.53. The molecule has 1 N–H and O–H groups in total. The number of amides is 2. The van der Waals surface area contributed by atoms with Crippen LogP contribution in [-0.4, -0.2) is 54.3 Å². The van der Waals surface area contributed by atoms with Gasteiger partial charge in [0, 0.05) is 39.1 Å². The number of piperazine rings is 1. The Balaban J connectivity index is 0.00000243. The molecule has 26 heavy (non-hydrogen) atoms. The smallest absolute Gasteiger partial charge is 0.228 e. The molecule has 2 aliphatic rings. The average molecular weight is 384 g/mol. The molecule has 0 saturated carbocycles. The predicted molar refractivity (Wildman–Crippen MR) is 101 cm³/mol. The average Bonchev–Trinajstić information content (AvgIpc) is 2.67. The van der Waals surface area contributed by atoms with Gasteiger partial charge in [0.15, 0.2) is 0 Å². The first kappa shape index (κ1) is 20.6. The molecule has 144 valence electrons. The molecule has 5 nitrogen and oxygen atoms in total. The molecular weight excluding hydrogens is 357 g/mol. The summed E-state index contributed by atoms with van der Waals surface area (Å²) in [5.41, 5.74) is 0.817. The van der Waals surface area contributed by atoms with Crippen LogP contribution in [0.15, 0.2) is 24.3 Å². The SMILES string of the molecule is CCC(=O)N1CCCC(C(=O)N2CCNCC2c2cccc(F)c2)C1.Cl. The number of hydrogen-bond acceptors (Lipinski definition) is 3. The molecule has 0 aliphatic carbocycles. The molecule has 2 aliphatic heterocycles. The lowest BCUT2D eigenvalue weighted by atomic mass is 9.94. The summed E-state index contributed by atoms with van der Waals surface area (Å²) in [7, 11) is 0. The van der Waals surface area contributed by atoms with E-state index in [4.69, 9.17) is 0 Å². The normalized spacial score (nSPS) is 23.3. The molecule has 0 bridgehead atoms. The number of nitrogens with one attached hydrogen (secondary N) is 1. The van der Waals surface area contributed by atoms with Crippen molar-refractivity contribution in [3.05, 3.63) is 35.6 Å². The lowest BCUT2D eigenvalue weighted by Gasteiger charge is -2.41. The van der Waals surface area contributed by atoms with Crippen LogP contribution in [-0.2, 0) is 9.59 Å². The van der Waals surface area contributed by atoms with Gasteiger partial charge < -0.3 is 15.1 Å². The van der Waals surface area contributed by atoms with E-state index in [0.29, 0.717) is 26.1 Å². The number of carbonyl (C=O) groups excluding carboxylic acids is 2. The highest BCUT2D eigenvalue weighted by Crippen LogP contribution is 2.27. The zero-order chi connectivity index (χ0) is 17.8. The molecule has 7 heteroatoms. The molecule has 1 aromatic rings. The molecule has 0 aromatic heterocycles. The van der Waals surface area contributed by atoms with Crippen LogP contribution < -0.4 is 5.32 Å². The van der Waals surface area contributed by atoms with Gasteiger partial charge in [0.1, 0.15) is 5.82 Å². The van der Waals surface area contributed by atoms with E-state index in [-0.39, 0.29) is 42.0 Å². The van der Waals surface area contributed by atoms with Crippen LogP contribution in [0.5, 0.6) is 0 Å². The van der Waals surface area contributed by atoms with E-state index < -0.39 is 0 Å². The number of halogens is 2. The van der Waals surface area contributed by atoms with Gasteiger partial charge in [-0.3, -0.25) is 9.59 Å². The van der Waals surface area contributed by atoms with Crippen LogP contribution in [0.4, 0.5) is 4.39 Å². The van der Waals surface area contributed by atoms with Crippen LogP contribution in [0.25, 0.3) is 0 Å². The van der Waals surface area contributed by atoms with Crippen molar-refractivity contribution in [2.75, 3.05) is 32.7 Å². The maximum absolute atomic E-state index is 13.6. The van der Waals surface area contributed by atoms with Crippen LogP contribution in [0.2, 0.25) is 0 Å². The van der Waals surface area contributed by atoms with Crippen LogP contribution in [0.1, 0.15) is 37.8 Å². The molecule has 3 rings (SSSR count). The standard InChI is InChI=1S/C19H26FN3O2.ClH/c1-2-18(24)22-9-4-6-15(13-22)19(25)23-10-8-21-12-17(23)14-5-3-7-16(20)11-14;/h3,5,7,11,15,17,21H,2,4,6,8-10,12-13H2,1H3;1H. The Morgan fingerprint density at radius 3 is 2.85 bits per heavy atom. The topological polar surface area (TPSA) is 52.7 Å². The fraction of sp³-hybridized carbons (Fsp3) is 0.579. The summed E-state index contributed by atoms with van der Waals surface area (Å²) in [5, 5.41) is 3.30. The van der Waals surface area contributed by atoms with Crippen molar-refractivity contribution < 1.29 is 14.0 Å². The number of hydrogen-bond donors (Lipinski definition) is 1. The molecule has 2 heterocycles. The van der Waals surface area contributed by atoms with Crippen LogP contribution in [0.3, 0.4) is 0 Å². The van der Waals surface area contributed by atoms with Gasteiger partial charge in [0.2, 0.25) is 11.8 Å². The summed E-state index contributed by atoms with van der Waals surface area (Å²) in [6.45, 7) is 5.07. The van der Waals surface area contributed by atoms with E-state index in [1.54, 1.807) is 6.07 Å². The molecule has 2 unspecified atom stereocenters. The van der Waals surface area contributed by atoms with E-state index in [0.717, 1.165) is 31.5 Å². The minimum absolute atomic E-state index is 0. The fourth-order valence-electron chi connectivity index (χ4n) is 3.84. The van der Waals surface area contributed by atoms with Gasteiger partial charge in [0.25, 0.3) is 0 Å². The molecule has 0 spiro atoms. The monoisotopic (exact) mass is 383 g/mol. The van der Waals surface area contributed by atoms with Gasteiger partial charge in [-0.05, 0) is 30.5 Å². The molecular formula is C19H27ClFN3O2. The third-order valence-corrected chi connectivity index (χ3v) is 5.19. The van der Waals surface area contributed by atoms with E-state index >= 15 is 0 Å². The van der Waals surface area contributed by atoms with Gasteiger partial charge >= 0.3 is 0 Å². The first-order chi connectivity index (χ1) is 12.1. The second-order valence-electron chi connectivity index (χ2n) is 6.84. The number of benzene rings is 1. The Kier molecular flexibility index (Phi) is 7.41. The van der Waals surface area contributed by atoms with Gasteiger partial charge in [-0.1, -0.05) is 19.1 Å². The molecule has 2 amide bonds. The van der Waals surface area contributed by atoms with Crippen molar-refractivity contribution in [2.45, 2.75) is 32.2 Å². The molecule has 2 fully saturated rings. The fourth-order valence-corrected chi connectivity index (χ4v) is 3.84. The zero-order valence-corrected chi connectivity index (χ0v) is 15.9. The minimum atomic E-state index is -0.284. The summed E-state index contributed by atoms with van der Waals surface area (Å²) in [6, 6.07) is 6.32. The van der Waals surface area contributed by atoms with E-state index in [2.05, 4.69) is 5.32 Å². The summed E-state index contributed by atoms with van der Waals surface area (Å²) in [5.74, 6) is -0.241. The van der Waals surface area contributed by atoms with Crippen molar-refractivity contribution in [3.8, 4) is 0 Å². The quantitative estimate of drug-likeness (QED) is 0.871. The third kappa shape index (κ3) is 4.54. The largest absolute Gasteiger partial charge is 0.342 e. The van der Waals surface area contributed by atoms with E-state index in [9.17, 15) is 14.0 Å². The maximum Gasteiger partial charge on any atom is 0.228 e. The Morgan fingerprint density at radius 1 is 1.31 bits per heavy atom. The Labute approximate surface area is 160 Å². The Hall–Kier alpha value is -1.66. The lowest BCUT2D eigenvalue weighted by molar-refractivity contribution is -0.143. The number of rotatable bonds is 3. The third-order valence-electron chi connectivity index (χ3n) is 5.19. The summed E-state index contributed by atoms with van der Waals surface area (Å²) in [6.07, 6.45) is 2.14. The van der Waals surface area contributed by atoms with Crippen LogP contribution in [0, 0.1) is 11.7 Å². The van der Waals surface area contributed by atoms with Gasteiger partial charge in [-0.2, -0.15) is 0 Å². The van der Waals surface area contributed by atoms with E-state index in [1.165, 1.54) is 12.1 Å². The second-order valence-corrected chi connectivity index (χ2v) is 6.84. The molecule has 2 saturated heterocycles. The summed E-state index contributed by atoms with van der Waals surface area (Å²) in [4.78, 5) is 28.8. The van der Waals surface area contributed by atoms with Crippen molar-refractivity contribution in [3.63, 3.8) is 0 Å². The maximum atomic E-state index is 13.6. The first-order valence-electron chi connectivity index (χ1n) is 9.14. The van der Waals surface area contributed by atoms with Crippen molar-refractivity contribution in [1.82, 2.24) is 15.1 Å². The zero-order valence-electron chi connectivity index (χ0n) is 15.1. The molecule has 2 atom stereocenters. The van der Waals surface area contributed by atoms with E-state index in [1.807, 2.05) is 22.8 Å². The Morgan fingerprint density at radius 2 is 2.12 bits per heavy atom. The Bertz CT molecular complexity index is 643. The summed E-state index contributed by atoms with van der Waals surface area (Å²) >= 11 is 0. The summed E-state index contributed by atoms with van der Waals surface area (Å²) < 4.78 is 13.6. The first-order valence-corrected chi connectivity index (χ1v) is 9.14.